The van der Waals surface area contributed by atoms with E-state index < -0.39 is 0 Å². The van der Waals surface area contributed by atoms with Gasteiger partial charge in [-0.2, -0.15) is 5.10 Å². The molecular weight excluding hydrogens is 140 g/mol. The molecule has 0 amide bonds. The lowest BCUT2D eigenvalue weighted by Crippen LogP contribution is -2.09. The number of aromatic amines is 1. The summed E-state index contributed by atoms with van der Waals surface area (Å²) in [6.45, 7) is 2.75. The fourth-order valence-electron chi connectivity index (χ4n) is 1.43. The van der Waals surface area contributed by atoms with Crippen LogP contribution in [0.5, 0.6) is 0 Å². The van der Waals surface area contributed by atoms with Gasteiger partial charge in [0, 0.05) is 25.2 Å². The summed E-state index contributed by atoms with van der Waals surface area (Å²) < 4.78 is 0. The van der Waals surface area contributed by atoms with E-state index in [-0.39, 0.29) is 0 Å². The molecule has 4 heteroatoms. The first-order valence-electron chi connectivity index (χ1n) is 3.82. The normalized spacial score (nSPS) is 15.4. The molecule has 2 rings (SSSR count). The minimum Gasteiger partial charge on any atom is -0.314 e. The molecule has 3 N–H and O–H groups in total. The zero-order valence-electron chi connectivity index (χ0n) is 6.57. The fourth-order valence-corrected chi connectivity index (χ4v) is 1.43. The lowest BCUT2D eigenvalue weighted by Gasteiger charge is -1.95. The zero-order chi connectivity index (χ0) is 7.68. The van der Waals surface area contributed by atoms with E-state index in [4.69, 9.17) is 0 Å². The average Bonchev–Trinajstić information content (AvgIpc) is 2.53. The summed E-state index contributed by atoms with van der Waals surface area (Å²) in [4.78, 5) is 0. The molecule has 0 bridgehead atoms. The lowest BCUT2D eigenvalue weighted by molar-refractivity contribution is 0.713. The molecule has 1 aliphatic rings. The Morgan fingerprint density at radius 3 is 3.27 bits per heavy atom. The van der Waals surface area contributed by atoms with Gasteiger partial charge in [0.1, 0.15) is 0 Å². The van der Waals surface area contributed by atoms with E-state index in [9.17, 15) is 0 Å². The minimum absolute atomic E-state index is 0.855. The number of hydrogen-bond donors (Lipinski definition) is 3. The monoisotopic (exact) mass is 152 g/mol. The number of nitrogens with zero attached hydrogens (tertiary/aromatic N) is 1. The van der Waals surface area contributed by atoms with Gasteiger partial charge in [0.2, 0.25) is 0 Å². The predicted octanol–water partition coefficient (Wildman–Crippen LogP) is -0.268. The largest absolute Gasteiger partial charge is 0.314 e. The van der Waals surface area contributed by atoms with E-state index in [0.717, 1.165) is 25.3 Å². The molecule has 1 aromatic heterocycles. The number of nitrogens with one attached hydrogen (secondary N) is 3. The van der Waals surface area contributed by atoms with Crippen molar-refractivity contribution in [1.82, 2.24) is 20.8 Å². The van der Waals surface area contributed by atoms with Crippen LogP contribution in [-0.4, -0.2) is 17.2 Å². The Balaban J connectivity index is 2.27. The van der Waals surface area contributed by atoms with E-state index in [1.165, 1.54) is 11.3 Å². The zero-order valence-corrected chi connectivity index (χ0v) is 6.57. The molecule has 0 aromatic carbocycles. The van der Waals surface area contributed by atoms with Crippen LogP contribution in [0.25, 0.3) is 0 Å². The molecule has 1 aromatic rings. The molecule has 0 atom stereocenters. The maximum Gasteiger partial charge on any atom is 0.0808 e. The highest BCUT2D eigenvalue weighted by atomic mass is 15.2. The van der Waals surface area contributed by atoms with Crippen LogP contribution < -0.4 is 10.6 Å². The smallest absolute Gasteiger partial charge is 0.0808 e. The quantitative estimate of drug-likeness (QED) is 0.547. The minimum atomic E-state index is 0.855. The van der Waals surface area contributed by atoms with Crippen molar-refractivity contribution >= 4 is 0 Å². The van der Waals surface area contributed by atoms with E-state index in [1.807, 2.05) is 7.05 Å². The third-order valence-corrected chi connectivity index (χ3v) is 1.99. The lowest BCUT2D eigenvalue weighted by atomic mass is 10.2. The van der Waals surface area contributed by atoms with Crippen LogP contribution in [0.1, 0.15) is 17.0 Å². The molecule has 0 spiro atoms. The van der Waals surface area contributed by atoms with Crippen LogP contribution in [0.15, 0.2) is 0 Å². The van der Waals surface area contributed by atoms with Crippen LogP contribution in [0.4, 0.5) is 0 Å². The van der Waals surface area contributed by atoms with Crippen molar-refractivity contribution in [2.75, 3.05) is 7.05 Å². The van der Waals surface area contributed by atoms with E-state index in [2.05, 4.69) is 20.8 Å². The molecule has 11 heavy (non-hydrogen) atoms. The van der Waals surface area contributed by atoms with E-state index in [1.54, 1.807) is 0 Å². The van der Waals surface area contributed by atoms with Gasteiger partial charge in [-0.15, -0.1) is 0 Å². The Morgan fingerprint density at radius 2 is 2.45 bits per heavy atom. The number of H-pyrrole nitrogens is 1. The topological polar surface area (TPSA) is 52.7 Å². The molecule has 0 aliphatic carbocycles. The molecule has 0 radical (unpaired) electrons. The van der Waals surface area contributed by atoms with Gasteiger partial charge in [0.25, 0.3) is 0 Å². The number of fused-ring (bicyclic) bond motifs is 1. The SMILES string of the molecule is CNCc1n[nH]c2c1CNC2. The highest BCUT2D eigenvalue weighted by molar-refractivity contribution is 5.28. The van der Waals surface area contributed by atoms with Gasteiger partial charge in [0.05, 0.1) is 11.4 Å². The molecular formula is C7H12N4. The summed E-state index contributed by atoms with van der Waals surface area (Å²) >= 11 is 0. The standard InChI is InChI=1S/C7H12N4/c1-8-3-6-5-2-9-4-7(5)11-10-6/h8-9H,2-4H2,1H3,(H,10,11). The van der Waals surface area contributed by atoms with Gasteiger partial charge in [-0.05, 0) is 7.05 Å². The van der Waals surface area contributed by atoms with Crippen molar-refractivity contribution in [2.24, 2.45) is 0 Å². The van der Waals surface area contributed by atoms with Crippen LogP contribution >= 0.6 is 0 Å². The molecule has 60 valence electrons. The van der Waals surface area contributed by atoms with Crippen molar-refractivity contribution < 1.29 is 0 Å². The van der Waals surface area contributed by atoms with Crippen molar-refractivity contribution in [3.05, 3.63) is 17.0 Å². The second-order valence-electron chi connectivity index (χ2n) is 2.76. The molecule has 0 unspecified atom stereocenters. The first-order chi connectivity index (χ1) is 5.42. The Kier molecular flexibility index (Phi) is 1.63. The van der Waals surface area contributed by atoms with Gasteiger partial charge >= 0.3 is 0 Å². The van der Waals surface area contributed by atoms with Crippen molar-refractivity contribution in [2.45, 2.75) is 19.6 Å². The van der Waals surface area contributed by atoms with Crippen LogP contribution in [-0.2, 0) is 19.6 Å². The third-order valence-electron chi connectivity index (χ3n) is 1.99. The molecule has 0 saturated heterocycles. The summed E-state index contributed by atoms with van der Waals surface area (Å²) in [6.07, 6.45) is 0. The summed E-state index contributed by atoms with van der Waals surface area (Å²) in [6, 6.07) is 0. The van der Waals surface area contributed by atoms with Gasteiger partial charge in [-0.25, -0.2) is 0 Å². The maximum absolute atomic E-state index is 4.20. The Bertz CT molecular complexity index is 253. The Hall–Kier alpha value is -0.870. The molecule has 0 fully saturated rings. The second kappa shape index (κ2) is 2.64. The van der Waals surface area contributed by atoms with E-state index >= 15 is 0 Å². The Labute approximate surface area is 65.4 Å². The molecule has 2 heterocycles. The van der Waals surface area contributed by atoms with Crippen molar-refractivity contribution in [3.63, 3.8) is 0 Å². The van der Waals surface area contributed by atoms with Gasteiger partial charge in [-0.3, -0.25) is 5.10 Å². The summed E-state index contributed by atoms with van der Waals surface area (Å²) in [7, 11) is 1.93. The summed E-state index contributed by atoms with van der Waals surface area (Å²) in [5, 5.41) is 13.6. The second-order valence-corrected chi connectivity index (χ2v) is 2.76. The molecule has 1 aliphatic heterocycles. The summed E-state index contributed by atoms with van der Waals surface area (Å²) in [5.74, 6) is 0. The first-order valence-corrected chi connectivity index (χ1v) is 3.82. The maximum atomic E-state index is 4.20. The van der Waals surface area contributed by atoms with Gasteiger partial charge < -0.3 is 10.6 Å². The van der Waals surface area contributed by atoms with Crippen LogP contribution in [0.3, 0.4) is 0 Å². The molecule has 0 saturated carbocycles. The average molecular weight is 152 g/mol. The fraction of sp³-hybridized carbons (Fsp3) is 0.571. The molecule has 4 nitrogen and oxygen atoms in total. The highest BCUT2D eigenvalue weighted by Gasteiger charge is 2.16. The summed E-state index contributed by atoms with van der Waals surface area (Å²) in [5.41, 5.74) is 3.74. The van der Waals surface area contributed by atoms with E-state index in [0.29, 0.717) is 0 Å². The van der Waals surface area contributed by atoms with Crippen molar-refractivity contribution in [3.8, 4) is 0 Å². The van der Waals surface area contributed by atoms with Crippen molar-refractivity contribution in [1.29, 1.82) is 0 Å². The number of rotatable bonds is 2. The number of hydrogen-bond acceptors (Lipinski definition) is 3. The first kappa shape index (κ1) is 6.82. The highest BCUT2D eigenvalue weighted by Crippen LogP contribution is 2.15. The number of aromatic nitrogens is 2. The Morgan fingerprint density at radius 1 is 1.55 bits per heavy atom. The van der Waals surface area contributed by atoms with Crippen LogP contribution in [0, 0.1) is 0 Å². The van der Waals surface area contributed by atoms with Gasteiger partial charge in [0.15, 0.2) is 0 Å². The third kappa shape index (κ3) is 1.04. The van der Waals surface area contributed by atoms with Gasteiger partial charge in [-0.1, -0.05) is 0 Å². The van der Waals surface area contributed by atoms with Crippen LogP contribution in [0.2, 0.25) is 0 Å². The predicted molar refractivity (Wildman–Crippen MR) is 41.9 cm³/mol.